The molecule has 108 valence electrons. The van der Waals surface area contributed by atoms with Gasteiger partial charge in [0.25, 0.3) is 0 Å². The van der Waals surface area contributed by atoms with Crippen molar-refractivity contribution in [3.05, 3.63) is 17.5 Å². The Morgan fingerprint density at radius 2 is 2.05 bits per heavy atom. The van der Waals surface area contributed by atoms with Gasteiger partial charge < -0.3 is 14.6 Å². The Morgan fingerprint density at radius 1 is 1.32 bits per heavy atom. The Kier molecular flexibility index (Phi) is 5.40. The summed E-state index contributed by atoms with van der Waals surface area (Å²) in [5.74, 6) is 2.37. The van der Waals surface area contributed by atoms with Crippen molar-refractivity contribution in [2.75, 3.05) is 6.54 Å². The van der Waals surface area contributed by atoms with E-state index in [1.807, 2.05) is 6.07 Å². The van der Waals surface area contributed by atoms with Crippen LogP contribution in [0.3, 0.4) is 0 Å². The molecule has 2 unspecified atom stereocenters. The lowest BCUT2D eigenvalue weighted by atomic mass is 9.82. The predicted octanol–water partition coefficient (Wildman–Crippen LogP) is 3.13. The SMILES string of the molecule is CCNCc1cc(COC2CC(C)CC(C)C2)on1. The van der Waals surface area contributed by atoms with E-state index in [4.69, 9.17) is 9.26 Å². The quantitative estimate of drug-likeness (QED) is 0.859. The van der Waals surface area contributed by atoms with E-state index in [0.717, 1.165) is 36.4 Å². The fraction of sp³-hybridized carbons (Fsp3) is 0.800. The lowest BCUT2D eigenvalue weighted by Gasteiger charge is -2.31. The molecule has 0 radical (unpaired) electrons. The molecule has 1 aromatic heterocycles. The summed E-state index contributed by atoms with van der Waals surface area (Å²) >= 11 is 0. The summed E-state index contributed by atoms with van der Waals surface area (Å²) in [5.41, 5.74) is 0.950. The molecule has 4 heteroatoms. The first-order valence-electron chi connectivity index (χ1n) is 7.44. The van der Waals surface area contributed by atoms with E-state index in [2.05, 4.69) is 31.2 Å². The summed E-state index contributed by atoms with van der Waals surface area (Å²) in [6, 6.07) is 1.98. The molecule has 1 aliphatic rings. The highest BCUT2D eigenvalue weighted by Gasteiger charge is 2.24. The summed E-state index contributed by atoms with van der Waals surface area (Å²) in [4.78, 5) is 0. The average Bonchev–Trinajstić information content (AvgIpc) is 2.81. The Hall–Kier alpha value is -0.870. The maximum absolute atomic E-state index is 5.97. The molecule has 2 rings (SSSR count). The number of aromatic nitrogens is 1. The first-order valence-corrected chi connectivity index (χ1v) is 7.44. The minimum atomic E-state index is 0.376. The van der Waals surface area contributed by atoms with E-state index >= 15 is 0 Å². The van der Waals surface area contributed by atoms with Crippen LogP contribution in [0.1, 0.15) is 51.5 Å². The molecule has 0 aliphatic heterocycles. The standard InChI is InChI=1S/C15H26N2O2/c1-4-16-9-13-8-15(19-17-13)10-18-14-6-11(2)5-12(3)7-14/h8,11-12,14,16H,4-7,9-10H2,1-3H3. The topological polar surface area (TPSA) is 47.3 Å². The van der Waals surface area contributed by atoms with E-state index in [-0.39, 0.29) is 0 Å². The second kappa shape index (κ2) is 7.06. The first kappa shape index (κ1) is 14.5. The zero-order valence-electron chi connectivity index (χ0n) is 12.3. The maximum Gasteiger partial charge on any atom is 0.162 e. The molecule has 1 heterocycles. The van der Waals surface area contributed by atoms with Gasteiger partial charge in [0.15, 0.2) is 5.76 Å². The summed E-state index contributed by atoms with van der Waals surface area (Å²) in [6.07, 6.45) is 4.04. The molecule has 0 bridgehead atoms. The highest BCUT2D eigenvalue weighted by Crippen LogP contribution is 2.30. The third-order valence-electron chi connectivity index (χ3n) is 3.76. The summed E-state index contributed by atoms with van der Waals surface area (Å²) in [6.45, 7) is 8.96. The van der Waals surface area contributed by atoms with Crippen LogP contribution in [0, 0.1) is 11.8 Å². The molecule has 0 saturated heterocycles. The second-order valence-electron chi connectivity index (χ2n) is 5.92. The molecule has 4 nitrogen and oxygen atoms in total. The van der Waals surface area contributed by atoms with Crippen LogP contribution in [0.5, 0.6) is 0 Å². The van der Waals surface area contributed by atoms with Gasteiger partial charge in [-0.25, -0.2) is 0 Å². The molecule has 1 N–H and O–H groups in total. The van der Waals surface area contributed by atoms with E-state index in [1.54, 1.807) is 0 Å². The molecule has 0 amide bonds. The molecule has 1 aliphatic carbocycles. The van der Waals surface area contributed by atoms with Crippen LogP contribution >= 0.6 is 0 Å². The van der Waals surface area contributed by atoms with Crippen LogP contribution in [0.25, 0.3) is 0 Å². The van der Waals surface area contributed by atoms with Crippen molar-refractivity contribution in [2.45, 2.75) is 59.3 Å². The zero-order chi connectivity index (χ0) is 13.7. The van der Waals surface area contributed by atoms with Gasteiger partial charge in [-0.3, -0.25) is 0 Å². The van der Waals surface area contributed by atoms with Crippen LogP contribution in [-0.2, 0) is 17.9 Å². The Morgan fingerprint density at radius 3 is 2.74 bits per heavy atom. The zero-order valence-corrected chi connectivity index (χ0v) is 12.3. The molecule has 1 saturated carbocycles. The Labute approximate surface area is 115 Å². The number of rotatable bonds is 6. The molecule has 19 heavy (non-hydrogen) atoms. The van der Waals surface area contributed by atoms with Crippen LogP contribution < -0.4 is 5.32 Å². The maximum atomic E-state index is 5.97. The molecular weight excluding hydrogens is 240 g/mol. The van der Waals surface area contributed by atoms with Gasteiger partial charge in [-0.05, 0) is 37.6 Å². The van der Waals surface area contributed by atoms with Crippen molar-refractivity contribution in [3.8, 4) is 0 Å². The smallest absolute Gasteiger partial charge is 0.162 e. The molecular formula is C15H26N2O2. The predicted molar refractivity (Wildman–Crippen MR) is 74.6 cm³/mol. The summed E-state index contributed by atoms with van der Waals surface area (Å²) < 4.78 is 11.3. The lowest BCUT2D eigenvalue weighted by Crippen LogP contribution is -2.26. The van der Waals surface area contributed by atoms with Gasteiger partial charge in [-0.1, -0.05) is 25.9 Å². The highest BCUT2D eigenvalue weighted by molar-refractivity contribution is 5.04. The third kappa shape index (κ3) is 4.62. The van der Waals surface area contributed by atoms with Crippen molar-refractivity contribution in [2.24, 2.45) is 11.8 Å². The number of ether oxygens (including phenoxy) is 1. The fourth-order valence-electron chi connectivity index (χ4n) is 2.97. The van der Waals surface area contributed by atoms with Crippen molar-refractivity contribution in [1.29, 1.82) is 0 Å². The van der Waals surface area contributed by atoms with Gasteiger partial charge in [-0.2, -0.15) is 0 Å². The van der Waals surface area contributed by atoms with Crippen molar-refractivity contribution in [3.63, 3.8) is 0 Å². The van der Waals surface area contributed by atoms with Crippen LogP contribution in [-0.4, -0.2) is 17.8 Å². The largest absolute Gasteiger partial charge is 0.370 e. The van der Waals surface area contributed by atoms with Gasteiger partial charge in [0, 0.05) is 12.6 Å². The number of hydrogen-bond acceptors (Lipinski definition) is 4. The third-order valence-corrected chi connectivity index (χ3v) is 3.76. The van der Waals surface area contributed by atoms with Crippen LogP contribution in [0.4, 0.5) is 0 Å². The van der Waals surface area contributed by atoms with Crippen LogP contribution in [0.2, 0.25) is 0 Å². The first-order chi connectivity index (χ1) is 9.17. The van der Waals surface area contributed by atoms with Gasteiger partial charge in [0.2, 0.25) is 0 Å². The Balaban J connectivity index is 1.76. The van der Waals surface area contributed by atoms with E-state index in [1.165, 1.54) is 19.3 Å². The van der Waals surface area contributed by atoms with E-state index in [0.29, 0.717) is 12.7 Å². The van der Waals surface area contributed by atoms with Gasteiger partial charge in [0.1, 0.15) is 6.61 Å². The molecule has 0 aromatic carbocycles. The van der Waals surface area contributed by atoms with Crippen LogP contribution in [0.15, 0.2) is 10.6 Å². The van der Waals surface area contributed by atoms with Crippen molar-refractivity contribution in [1.82, 2.24) is 10.5 Å². The van der Waals surface area contributed by atoms with Gasteiger partial charge in [-0.15, -0.1) is 0 Å². The van der Waals surface area contributed by atoms with Gasteiger partial charge in [0.05, 0.1) is 11.8 Å². The fourth-order valence-corrected chi connectivity index (χ4v) is 2.97. The molecule has 2 atom stereocenters. The minimum absolute atomic E-state index is 0.376. The van der Waals surface area contributed by atoms with Gasteiger partial charge >= 0.3 is 0 Å². The lowest BCUT2D eigenvalue weighted by molar-refractivity contribution is -0.0172. The summed E-state index contributed by atoms with van der Waals surface area (Å²) in [7, 11) is 0. The average molecular weight is 266 g/mol. The number of hydrogen-bond donors (Lipinski definition) is 1. The minimum Gasteiger partial charge on any atom is -0.370 e. The molecule has 1 aromatic rings. The number of nitrogens with zero attached hydrogens (tertiary/aromatic N) is 1. The van der Waals surface area contributed by atoms with E-state index in [9.17, 15) is 0 Å². The second-order valence-corrected chi connectivity index (χ2v) is 5.92. The summed E-state index contributed by atoms with van der Waals surface area (Å²) in [5, 5.41) is 7.26. The number of nitrogens with one attached hydrogen (secondary N) is 1. The van der Waals surface area contributed by atoms with Crippen molar-refractivity contribution >= 4 is 0 Å². The molecule has 0 spiro atoms. The van der Waals surface area contributed by atoms with Crippen molar-refractivity contribution < 1.29 is 9.26 Å². The highest BCUT2D eigenvalue weighted by atomic mass is 16.5. The monoisotopic (exact) mass is 266 g/mol. The Bertz CT molecular complexity index is 368. The normalized spacial score (nSPS) is 27.6. The van der Waals surface area contributed by atoms with E-state index < -0.39 is 0 Å². The molecule has 1 fully saturated rings.